The van der Waals surface area contributed by atoms with E-state index in [0.29, 0.717) is 12.3 Å². The van der Waals surface area contributed by atoms with E-state index in [0.717, 1.165) is 37.7 Å². The molecule has 0 bridgehead atoms. The van der Waals surface area contributed by atoms with E-state index >= 15 is 0 Å². The Balaban J connectivity index is 1.43. The Bertz CT molecular complexity index is 648. The predicted molar refractivity (Wildman–Crippen MR) is 78.6 cm³/mol. The van der Waals surface area contributed by atoms with Gasteiger partial charge in [0.25, 0.3) is 5.78 Å². The topological polar surface area (TPSA) is 72.2 Å². The first-order valence-electron chi connectivity index (χ1n) is 7.40. The third kappa shape index (κ3) is 3.45. The van der Waals surface area contributed by atoms with E-state index < -0.39 is 0 Å². The number of fused-ring (bicyclic) bond motifs is 1. The minimum atomic E-state index is 0.156. The second-order valence-corrected chi connectivity index (χ2v) is 5.34. The summed E-state index contributed by atoms with van der Waals surface area (Å²) in [5.74, 6) is 0.949. The molecule has 0 aromatic carbocycles. The Morgan fingerprint density at radius 2 is 2.33 bits per heavy atom. The zero-order chi connectivity index (χ0) is 14.5. The molecule has 1 amide bonds. The molecule has 1 atom stereocenters. The Labute approximate surface area is 123 Å². The van der Waals surface area contributed by atoms with Crippen molar-refractivity contribution < 1.29 is 4.79 Å². The number of rotatable bonds is 5. The SMILES string of the molecule is O=C(NCCCc1cnc2ncnn2c1)[C@@H]1CC=CCC1. The second-order valence-electron chi connectivity index (χ2n) is 5.34. The predicted octanol–water partition coefficient (Wildman–Crippen LogP) is 1.53. The van der Waals surface area contributed by atoms with Gasteiger partial charge in [0.2, 0.25) is 5.91 Å². The van der Waals surface area contributed by atoms with Crippen molar-refractivity contribution >= 4 is 11.7 Å². The average molecular weight is 285 g/mol. The van der Waals surface area contributed by atoms with Crippen LogP contribution < -0.4 is 5.32 Å². The molecule has 2 heterocycles. The maximum absolute atomic E-state index is 12.0. The van der Waals surface area contributed by atoms with E-state index in [4.69, 9.17) is 0 Å². The number of aryl methyl sites for hydroxylation is 1. The fraction of sp³-hybridized carbons (Fsp3) is 0.467. The number of nitrogens with one attached hydrogen (secondary N) is 1. The van der Waals surface area contributed by atoms with Crippen LogP contribution in [0.5, 0.6) is 0 Å². The van der Waals surface area contributed by atoms with Gasteiger partial charge in [0.05, 0.1) is 0 Å². The van der Waals surface area contributed by atoms with Crippen LogP contribution in [0.15, 0.2) is 30.9 Å². The summed E-state index contributed by atoms with van der Waals surface area (Å²) >= 11 is 0. The summed E-state index contributed by atoms with van der Waals surface area (Å²) in [6, 6.07) is 0. The lowest BCUT2D eigenvalue weighted by Gasteiger charge is -2.17. The van der Waals surface area contributed by atoms with Gasteiger partial charge in [0, 0.05) is 24.9 Å². The zero-order valence-corrected chi connectivity index (χ0v) is 11.9. The lowest BCUT2D eigenvalue weighted by Crippen LogP contribution is -2.32. The molecule has 0 fully saturated rings. The Kier molecular flexibility index (Phi) is 4.23. The molecule has 1 aliphatic rings. The van der Waals surface area contributed by atoms with Gasteiger partial charge >= 0.3 is 0 Å². The van der Waals surface area contributed by atoms with E-state index in [2.05, 4.69) is 32.5 Å². The highest BCUT2D eigenvalue weighted by molar-refractivity contribution is 5.78. The third-order valence-corrected chi connectivity index (χ3v) is 3.77. The summed E-state index contributed by atoms with van der Waals surface area (Å²) in [6.45, 7) is 0.703. The molecular formula is C15H19N5O. The van der Waals surface area contributed by atoms with Crippen molar-refractivity contribution in [3.63, 3.8) is 0 Å². The summed E-state index contributed by atoms with van der Waals surface area (Å²) in [6.07, 6.45) is 14.1. The summed E-state index contributed by atoms with van der Waals surface area (Å²) in [5.41, 5.74) is 1.10. The molecule has 110 valence electrons. The largest absolute Gasteiger partial charge is 0.356 e. The summed E-state index contributed by atoms with van der Waals surface area (Å²) < 4.78 is 1.67. The Hall–Kier alpha value is -2.24. The molecular weight excluding hydrogens is 266 g/mol. The maximum atomic E-state index is 12.0. The molecule has 0 radical (unpaired) electrons. The lowest BCUT2D eigenvalue weighted by atomic mass is 9.94. The van der Waals surface area contributed by atoms with Crippen LogP contribution in [0.1, 0.15) is 31.2 Å². The van der Waals surface area contributed by atoms with Crippen LogP contribution in [0.25, 0.3) is 5.78 Å². The molecule has 0 saturated carbocycles. The van der Waals surface area contributed by atoms with Gasteiger partial charge in [-0.3, -0.25) is 4.79 Å². The van der Waals surface area contributed by atoms with Gasteiger partial charge in [0.15, 0.2) is 0 Å². The standard InChI is InChI=1S/C15H19N5O/c21-14(13-6-2-1-3-7-13)16-8-4-5-12-9-17-15-18-11-19-20(15)10-12/h1-2,9-11,13H,3-8H2,(H,16,21)/t13-/m1/s1. The number of amides is 1. The number of hydrogen-bond acceptors (Lipinski definition) is 4. The van der Waals surface area contributed by atoms with Crippen LogP contribution in [0.2, 0.25) is 0 Å². The van der Waals surface area contributed by atoms with Gasteiger partial charge in [-0.15, -0.1) is 0 Å². The van der Waals surface area contributed by atoms with Crippen molar-refractivity contribution in [2.75, 3.05) is 6.54 Å². The number of allylic oxidation sites excluding steroid dienone is 2. The molecule has 0 spiro atoms. The van der Waals surface area contributed by atoms with E-state index in [-0.39, 0.29) is 11.8 Å². The molecule has 1 aliphatic carbocycles. The van der Waals surface area contributed by atoms with Gasteiger partial charge in [-0.25, -0.2) is 9.50 Å². The van der Waals surface area contributed by atoms with Crippen LogP contribution in [-0.4, -0.2) is 32.0 Å². The molecule has 2 aromatic heterocycles. The van der Waals surface area contributed by atoms with Gasteiger partial charge in [-0.05, 0) is 37.7 Å². The van der Waals surface area contributed by atoms with E-state index in [1.165, 1.54) is 6.33 Å². The molecule has 2 aromatic rings. The fourth-order valence-corrected chi connectivity index (χ4v) is 2.57. The van der Waals surface area contributed by atoms with Gasteiger partial charge < -0.3 is 5.32 Å². The quantitative estimate of drug-likeness (QED) is 0.668. The first-order valence-corrected chi connectivity index (χ1v) is 7.40. The molecule has 6 heteroatoms. The first kappa shape index (κ1) is 13.7. The second kappa shape index (κ2) is 6.47. The number of hydrogen-bond donors (Lipinski definition) is 1. The van der Waals surface area contributed by atoms with Crippen LogP contribution in [-0.2, 0) is 11.2 Å². The molecule has 1 N–H and O–H groups in total. The highest BCUT2D eigenvalue weighted by Crippen LogP contribution is 2.17. The van der Waals surface area contributed by atoms with Crippen LogP contribution in [0, 0.1) is 5.92 Å². The molecule has 6 nitrogen and oxygen atoms in total. The Morgan fingerprint density at radius 3 is 3.19 bits per heavy atom. The van der Waals surface area contributed by atoms with Gasteiger partial charge in [-0.2, -0.15) is 10.1 Å². The minimum absolute atomic E-state index is 0.156. The fourth-order valence-electron chi connectivity index (χ4n) is 2.57. The summed E-state index contributed by atoms with van der Waals surface area (Å²) in [4.78, 5) is 20.2. The minimum Gasteiger partial charge on any atom is -0.356 e. The van der Waals surface area contributed by atoms with E-state index in [1.807, 2.05) is 12.4 Å². The van der Waals surface area contributed by atoms with E-state index in [9.17, 15) is 4.79 Å². The van der Waals surface area contributed by atoms with Crippen molar-refractivity contribution in [1.82, 2.24) is 24.9 Å². The number of nitrogens with zero attached hydrogens (tertiary/aromatic N) is 4. The van der Waals surface area contributed by atoms with Crippen LogP contribution >= 0.6 is 0 Å². The van der Waals surface area contributed by atoms with Crippen molar-refractivity contribution in [1.29, 1.82) is 0 Å². The van der Waals surface area contributed by atoms with Crippen molar-refractivity contribution in [2.24, 2.45) is 5.92 Å². The van der Waals surface area contributed by atoms with Gasteiger partial charge in [-0.1, -0.05) is 12.2 Å². The number of aromatic nitrogens is 4. The summed E-state index contributed by atoms with van der Waals surface area (Å²) in [5, 5.41) is 7.09. The first-order chi connectivity index (χ1) is 10.3. The molecule has 0 saturated heterocycles. The number of carbonyl (C=O) groups excluding carboxylic acids is 1. The van der Waals surface area contributed by atoms with Crippen LogP contribution in [0.3, 0.4) is 0 Å². The molecule has 0 aliphatic heterocycles. The maximum Gasteiger partial charge on any atom is 0.252 e. The van der Waals surface area contributed by atoms with Crippen molar-refractivity contribution in [3.8, 4) is 0 Å². The molecule has 0 unspecified atom stereocenters. The van der Waals surface area contributed by atoms with Gasteiger partial charge in [0.1, 0.15) is 6.33 Å². The smallest absolute Gasteiger partial charge is 0.252 e. The molecule has 3 rings (SSSR count). The zero-order valence-electron chi connectivity index (χ0n) is 11.9. The molecule has 21 heavy (non-hydrogen) atoms. The Morgan fingerprint density at radius 1 is 1.38 bits per heavy atom. The van der Waals surface area contributed by atoms with Crippen molar-refractivity contribution in [2.45, 2.75) is 32.1 Å². The lowest BCUT2D eigenvalue weighted by molar-refractivity contribution is -0.125. The summed E-state index contributed by atoms with van der Waals surface area (Å²) in [7, 11) is 0. The third-order valence-electron chi connectivity index (χ3n) is 3.77. The van der Waals surface area contributed by atoms with E-state index in [1.54, 1.807) is 4.52 Å². The average Bonchev–Trinajstić information content (AvgIpc) is 3.00. The number of carbonyl (C=O) groups is 1. The highest BCUT2D eigenvalue weighted by Gasteiger charge is 2.17. The monoisotopic (exact) mass is 285 g/mol. The van der Waals surface area contributed by atoms with Crippen molar-refractivity contribution in [3.05, 3.63) is 36.4 Å². The normalized spacial score (nSPS) is 18.0. The highest BCUT2D eigenvalue weighted by atomic mass is 16.1. The van der Waals surface area contributed by atoms with Crippen LogP contribution in [0.4, 0.5) is 0 Å².